The largest absolute Gasteiger partial charge is 0.478 e. The van der Waals surface area contributed by atoms with Gasteiger partial charge in [-0.15, -0.1) is 11.3 Å². The zero-order valence-corrected chi connectivity index (χ0v) is 10.3. The average molecular weight is 259 g/mol. The normalized spacial score (nSPS) is 10.9. The van der Waals surface area contributed by atoms with Crippen LogP contribution in [0.5, 0.6) is 0 Å². The molecular weight excluding hydrogens is 250 g/mol. The Labute approximate surface area is 106 Å². The number of thiophene rings is 1. The lowest BCUT2D eigenvalue weighted by Crippen LogP contribution is -2.05. The van der Waals surface area contributed by atoms with Gasteiger partial charge in [-0.3, -0.25) is 0 Å². The molecule has 5 nitrogen and oxygen atoms in total. The summed E-state index contributed by atoms with van der Waals surface area (Å²) in [5.41, 5.74) is 2.12. The van der Waals surface area contributed by atoms with Crippen LogP contribution in [0.2, 0.25) is 0 Å². The van der Waals surface area contributed by atoms with E-state index in [0.29, 0.717) is 11.3 Å². The van der Waals surface area contributed by atoms with E-state index < -0.39 is 5.97 Å². The van der Waals surface area contributed by atoms with Gasteiger partial charge in [0.1, 0.15) is 5.69 Å². The summed E-state index contributed by atoms with van der Waals surface area (Å²) in [6, 6.07) is 5.77. The second-order valence-electron chi connectivity index (χ2n) is 3.85. The van der Waals surface area contributed by atoms with Crippen molar-refractivity contribution in [2.75, 3.05) is 0 Å². The molecule has 3 aromatic heterocycles. The zero-order chi connectivity index (χ0) is 12.7. The lowest BCUT2D eigenvalue weighted by atomic mass is 10.2. The first kappa shape index (κ1) is 10.9. The number of hydrogen-bond acceptors (Lipinski definition) is 4. The molecule has 3 aromatic rings. The Morgan fingerprint density at radius 3 is 3.00 bits per heavy atom. The van der Waals surface area contributed by atoms with Crippen molar-refractivity contribution in [3.8, 4) is 10.6 Å². The molecule has 0 aliphatic carbocycles. The van der Waals surface area contributed by atoms with Gasteiger partial charge in [-0.1, -0.05) is 6.07 Å². The first-order valence-electron chi connectivity index (χ1n) is 5.29. The maximum absolute atomic E-state index is 11.0. The van der Waals surface area contributed by atoms with Gasteiger partial charge in [0.15, 0.2) is 5.65 Å². The van der Waals surface area contributed by atoms with Gasteiger partial charge in [-0.25, -0.2) is 14.3 Å². The Bertz CT molecular complexity index is 731. The van der Waals surface area contributed by atoms with Crippen molar-refractivity contribution in [1.82, 2.24) is 14.6 Å². The van der Waals surface area contributed by atoms with Gasteiger partial charge in [-0.2, -0.15) is 5.10 Å². The molecule has 0 spiro atoms. The van der Waals surface area contributed by atoms with Crippen LogP contribution in [0.25, 0.3) is 16.2 Å². The maximum Gasteiger partial charge on any atom is 0.339 e. The Balaban J connectivity index is 2.21. The van der Waals surface area contributed by atoms with Crippen molar-refractivity contribution in [2.24, 2.45) is 0 Å². The summed E-state index contributed by atoms with van der Waals surface area (Å²) in [7, 11) is 0. The number of nitrogens with zero attached hydrogens (tertiary/aromatic N) is 3. The molecule has 0 saturated carbocycles. The van der Waals surface area contributed by atoms with Crippen LogP contribution in [0.1, 0.15) is 16.1 Å². The fourth-order valence-corrected chi connectivity index (χ4v) is 2.45. The van der Waals surface area contributed by atoms with Gasteiger partial charge < -0.3 is 5.11 Å². The van der Waals surface area contributed by atoms with E-state index in [-0.39, 0.29) is 5.56 Å². The molecule has 0 aromatic carbocycles. The van der Waals surface area contributed by atoms with E-state index in [1.54, 1.807) is 18.3 Å². The topological polar surface area (TPSA) is 67.5 Å². The number of carboxylic acid groups (broad SMARTS) is 1. The number of carboxylic acids is 1. The summed E-state index contributed by atoms with van der Waals surface area (Å²) >= 11 is 1.59. The molecule has 0 aliphatic heterocycles. The smallest absolute Gasteiger partial charge is 0.339 e. The molecule has 6 heteroatoms. The van der Waals surface area contributed by atoms with Crippen molar-refractivity contribution < 1.29 is 9.90 Å². The number of aromatic carboxylic acids is 1. The van der Waals surface area contributed by atoms with E-state index in [2.05, 4.69) is 10.1 Å². The van der Waals surface area contributed by atoms with Crippen LogP contribution in [0.3, 0.4) is 0 Å². The number of hydrogen-bond donors (Lipinski definition) is 1. The third kappa shape index (κ3) is 1.67. The van der Waals surface area contributed by atoms with Gasteiger partial charge in [0.2, 0.25) is 0 Å². The molecule has 3 heterocycles. The van der Waals surface area contributed by atoms with E-state index in [4.69, 9.17) is 5.11 Å². The summed E-state index contributed by atoms with van der Waals surface area (Å²) in [5.74, 6) is -0.991. The highest BCUT2D eigenvalue weighted by Crippen LogP contribution is 2.24. The van der Waals surface area contributed by atoms with E-state index in [1.165, 1.54) is 10.7 Å². The molecule has 18 heavy (non-hydrogen) atoms. The van der Waals surface area contributed by atoms with Gasteiger partial charge in [-0.05, 0) is 18.4 Å². The number of carbonyl (C=O) groups is 1. The van der Waals surface area contributed by atoms with E-state index in [0.717, 1.165) is 10.6 Å². The summed E-state index contributed by atoms with van der Waals surface area (Å²) in [6.07, 6.45) is 1.50. The van der Waals surface area contributed by atoms with E-state index in [9.17, 15) is 4.79 Å². The van der Waals surface area contributed by atoms with Gasteiger partial charge >= 0.3 is 5.97 Å². The fourth-order valence-electron chi connectivity index (χ4n) is 1.77. The predicted octanol–water partition coefficient (Wildman–Crippen LogP) is 2.46. The number of aryl methyl sites for hydroxylation is 1. The Hall–Kier alpha value is -2.21. The zero-order valence-electron chi connectivity index (χ0n) is 9.49. The van der Waals surface area contributed by atoms with E-state index >= 15 is 0 Å². The van der Waals surface area contributed by atoms with Crippen molar-refractivity contribution in [3.63, 3.8) is 0 Å². The Morgan fingerprint density at radius 1 is 1.50 bits per heavy atom. The Kier molecular flexibility index (Phi) is 2.38. The van der Waals surface area contributed by atoms with E-state index in [1.807, 2.05) is 23.6 Å². The fraction of sp³-hybridized carbons (Fsp3) is 0.0833. The number of fused-ring (bicyclic) bond motifs is 1. The monoisotopic (exact) mass is 259 g/mol. The standard InChI is InChI=1S/C12H9N3O2S/c1-7-8(12(16)17)6-15-11(13-7)5-9(14-15)10-3-2-4-18-10/h2-6H,1H3,(H,16,17). The summed E-state index contributed by atoms with van der Waals surface area (Å²) in [4.78, 5) is 16.3. The Morgan fingerprint density at radius 2 is 2.33 bits per heavy atom. The van der Waals surface area contributed by atoms with Crippen molar-refractivity contribution in [1.29, 1.82) is 0 Å². The molecule has 0 fully saturated rings. The lowest BCUT2D eigenvalue weighted by molar-refractivity contribution is 0.0695. The molecule has 0 atom stereocenters. The second kappa shape index (κ2) is 3.92. The third-order valence-corrected chi connectivity index (χ3v) is 3.54. The van der Waals surface area contributed by atoms with Crippen LogP contribution in [0, 0.1) is 6.92 Å². The van der Waals surface area contributed by atoms with Gasteiger partial charge in [0.25, 0.3) is 0 Å². The van der Waals surface area contributed by atoms with Crippen molar-refractivity contribution in [3.05, 3.63) is 41.0 Å². The van der Waals surface area contributed by atoms with Crippen LogP contribution in [0.15, 0.2) is 29.8 Å². The minimum atomic E-state index is -0.991. The van der Waals surface area contributed by atoms with Crippen LogP contribution in [-0.4, -0.2) is 25.7 Å². The molecule has 90 valence electrons. The van der Waals surface area contributed by atoms with Crippen molar-refractivity contribution >= 4 is 23.0 Å². The highest BCUT2D eigenvalue weighted by atomic mass is 32.1. The van der Waals surface area contributed by atoms with Crippen LogP contribution < -0.4 is 0 Å². The highest BCUT2D eigenvalue weighted by Gasteiger charge is 2.12. The quantitative estimate of drug-likeness (QED) is 0.767. The number of aromatic nitrogens is 3. The molecule has 0 aliphatic rings. The van der Waals surface area contributed by atoms with Crippen molar-refractivity contribution in [2.45, 2.75) is 6.92 Å². The average Bonchev–Trinajstić information content (AvgIpc) is 2.95. The molecule has 0 bridgehead atoms. The summed E-state index contributed by atoms with van der Waals surface area (Å²) in [6.45, 7) is 1.68. The molecule has 0 unspecified atom stereocenters. The van der Waals surface area contributed by atoms with Crippen LogP contribution in [-0.2, 0) is 0 Å². The highest BCUT2D eigenvalue weighted by molar-refractivity contribution is 7.13. The number of rotatable bonds is 2. The minimum absolute atomic E-state index is 0.170. The second-order valence-corrected chi connectivity index (χ2v) is 4.80. The molecule has 0 radical (unpaired) electrons. The summed E-state index contributed by atoms with van der Waals surface area (Å²) in [5, 5.41) is 15.4. The van der Waals surface area contributed by atoms with Gasteiger partial charge in [0, 0.05) is 12.3 Å². The summed E-state index contributed by atoms with van der Waals surface area (Å²) < 4.78 is 1.51. The van der Waals surface area contributed by atoms with Gasteiger partial charge in [0.05, 0.1) is 16.1 Å². The maximum atomic E-state index is 11.0. The molecule has 1 N–H and O–H groups in total. The first-order valence-corrected chi connectivity index (χ1v) is 6.17. The third-order valence-electron chi connectivity index (χ3n) is 2.64. The lowest BCUT2D eigenvalue weighted by Gasteiger charge is -1.99. The van der Waals surface area contributed by atoms with Crippen LogP contribution >= 0.6 is 11.3 Å². The first-order chi connectivity index (χ1) is 8.65. The minimum Gasteiger partial charge on any atom is -0.478 e. The molecule has 0 saturated heterocycles. The van der Waals surface area contributed by atoms with Crippen LogP contribution in [0.4, 0.5) is 0 Å². The SMILES string of the molecule is Cc1nc2cc(-c3cccs3)nn2cc1C(=O)O. The molecule has 3 rings (SSSR count). The molecule has 0 amide bonds. The molecular formula is C12H9N3O2S. The predicted molar refractivity (Wildman–Crippen MR) is 68.0 cm³/mol.